The first-order valence-corrected chi connectivity index (χ1v) is 8.86. The summed E-state index contributed by atoms with van der Waals surface area (Å²) in [5, 5.41) is 11.5. The van der Waals surface area contributed by atoms with Crippen molar-refractivity contribution >= 4 is 22.5 Å². The second kappa shape index (κ2) is 7.59. The number of hydrogen-bond acceptors (Lipinski definition) is 5. The summed E-state index contributed by atoms with van der Waals surface area (Å²) in [4.78, 5) is 42.3. The van der Waals surface area contributed by atoms with Gasteiger partial charge in [-0.05, 0) is 32.0 Å². The first-order chi connectivity index (χ1) is 13.3. The number of nitrogens with zero attached hydrogens (tertiary/aromatic N) is 4. The van der Waals surface area contributed by atoms with Gasteiger partial charge in [-0.15, -0.1) is 0 Å². The number of non-ortho nitro benzene ring substituents is 1. The second-order valence-electron chi connectivity index (χ2n) is 6.43. The van der Waals surface area contributed by atoms with Gasteiger partial charge >= 0.3 is 0 Å². The molecule has 0 N–H and O–H groups in total. The minimum absolute atomic E-state index is 0.147. The number of carbonyl (C=O) groups excluding carboxylic acids is 1. The standard InChI is InChI=1S/C20H20N4O4/c1-4-23(19(25)14-8-7-9-15(12-14)24(27)28)13(2)18-21-17-11-6-5-10-16(17)20(26)22(18)3/h5-13H,4H2,1-3H3. The summed E-state index contributed by atoms with van der Waals surface area (Å²) in [5.41, 5.74) is 0.442. The molecule has 0 saturated heterocycles. The van der Waals surface area contributed by atoms with Gasteiger partial charge in [0.15, 0.2) is 0 Å². The minimum Gasteiger partial charge on any atom is -0.329 e. The van der Waals surface area contributed by atoms with Crippen LogP contribution in [-0.2, 0) is 7.05 Å². The van der Waals surface area contributed by atoms with Gasteiger partial charge in [-0.25, -0.2) is 4.98 Å². The molecule has 1 heterocycles. The van der Waals surface area contributed by atoms with Gasteiger partial charge in [0.25, 0.3) is 17.2 Å². The fourth-order valence-electron chi connectivity index (χ4n) is 3.26. The Kier molecular flexibility index (Phi) is 5.21. The van der Waals surface area contributed by atoms with Gasteiger partial charge in [-0.2, -0.15) is 0 Å². The van der Waals surface area contributed by atoms with Crippen LogP contribution >= 0.6 is 0 Å². The van der Waals surface area contributed by atoms with E-state index in [-0.39, 0.29) is 22.7 Å². The van der Waals surface area contributed by atoms with E-state index >= 15 is 0 Å². The first kappa shape index (κ1) is 19.2. The fraction of sp³-hybridized carbons (Fsp3) is 0.250. The minimum atomic E-state index is -0.537. The van der Waals surface area contributed by atoms with E-state index < -0.39 is 11.0 Å². The maximum atomic E-state index is 13.0. The van der Waals surface area contributed by atoms with Crippen molar-refractivity contribution in [3.8, 4) is 0 Å². The zero-order valence-electron chi connectivity index (χ0n) is 15.8. The highest BCUT2D eigenvalue weighted by Crippen LogP contribution is 2.23. The molecule has 3 rings (SSSR count). The number of nitro benzene ring substituents is 1. The van der Waals surface area contributed by atoms with Gasteiger partial charge in [-0.1, -0.05) is 18.2 Å². The van der Waals surface area contributed by atoms with Crippen molar-refractivity contribution < 1.29 is 9.72 Å². The van der Waals surface area contributed by atoms with E-state index in [1.807, 2.05) is 6.92 Å². The number of rotatable bonds is 5. The van der Waals surface area contributed by atoms with Gasteiger partial charge in [0.1, 0.15) is 5.82 Å². The van der Waals surface area contributed by atoms with Crippen LogP contribution in [-0.4, -0.2) is 31.8 Å². The number of hydrogen-bond donors (Lipinski definition) is 0. The Morgan fingerprint density at radius 2 is 1.96 bits per heavy atom. The number of amides is 1. The lowest BCUT2D eigenvalue weighted by Crippen LogP contribution is -2.37. The Morgan fingerprint density at radius 3 is 2.64 bits per heavy atom. The largest absolute Gasteiger partial charge is 0.329 e. The molecule has 0 fully saturated rings. The van der Waals surface area contributed by atoms with E-state index in [1.54, 1.807) is 38.2 Å². The summed E-state index contributed by atoms with van der Waals surface area (Å²) in [6.45, 7) is 3.95. The topological polar surface area (TPSA) is 98.3 Å². The highest BCUT2D eigenvalue weighted by atomic mass is 16.6. The van der Waals surface area contributed by atoms with Crippen LogP contribution in [0, 0.1) is 10.1 Å². The van der Waals surface area contributed by atoms with Crippen LogP contribution in [0.25, 0.3) is 10.9 Å². The monoisotopic (exact) mass is 380 g/mol. The van der Waals surface area contributed by atoms with E-state index in [9.17, 15) is 19.7 Å². The molecule has 0 radical (unpaired) electrons. The molecule has 0 aliphatic heterocycles. The fourth-order valence-corrected chi connectivity index (χ4v) is 3.26. The van der Waals surface area contributed by atoms with E-state index in [4.69, 9.17) is 0 Å². The molecular weight excluding hydrogens is 360 g/mol. The molecule has 1 unspecified atom stereocenters. The lowest BCUT2D eigenvalue weighted by Gasteiger charge is -2.29. The van der Waals surface area contributed by atoms with Crippen LogP contribution in [0.1, 0.15) is 36.1 Å². The third kappa shape index (κ3) is 3.36. The molecule has 1 amide bonds. The van der Waals surface area contributed by atoms with Crippen molar-refractivity contribution in [3.63, 3.8) is 0 Å². The van der Waals surface area contributed by atoms with Gasteiger partial charge in [-0.3, -0.25) is 24.3 Å². The predicted octanol–water partition coefficient (Wildman–Crippen LogP) is 3.07. The number of benzene rings is 2. The summed E-state index contributed by atoms with van der Waals surface area (Å²) in [7, 11) is 1.62. The molecule has 0 aliphatic carbocycles. The molecule has 8 nitrogen and oxygen atoms in total. The summed E-state index contributed by atoms with van der Waals surface area (Å²) in [6, 6.07) is 12.2. The van der Waals surface area contributed by atoms with E-state index in [0.29, 0.717) is 23.3 Å². The van der Waals surface area contributed by atoms with Gasteiger partial charge < -0.3 is 4.90 Å². The van der Waals surface area contributed by atoms with E-state index in [1.165, 1.54) is 33.7 Å². The van der Waals surface area contributed by atoms with Crippen molar-refractivity contribution in [2.45, 2.75) is 19.9 Å². The molecule has 0 bridgehead atoms. The third-order valence-electron chi connectivity index (χ3n) is 4.76. The molecule has 0 spiro atoms. The van der Waals surface area contributed by atoms with E-state index in [2.05, 4.69) is 4.98 Å². The normalized spacial score (nSPS) is 12.0. The van der Waals surface area contributed by atoms with Crippen molar-refractivity contribution in [2.75, 3.05) is 6.54 Å². The predicted molar refractivity (Wildman–Crippen MR) is 105 cm³/mol. The zero-order chi connectivity index (χ0) is 20.4. The maximum absolute atomic E-state index is 13.0. The molecule has 28 heavy (non-hydrogen) atoms. The van der Waals surface area contributed by atoms with Crippen LogP contribution in [0.15, 0.2) is 53.3 Å². The molecule has 1 atom stereocenters. The molecule has 2 aromatic carbocycles. The summed E-state index contributed by atoms with van der Waals surface area (Å²) in [5.74, 6) is 0.0884. The lowest BCUT2D eigenvalue weighted by molar-refractivity contribution is -0.384. The number of fused-ring (bicyclic) bond motifs is 1. The van der Waals surface area contributed by atoms with Crippen molar-refractivity contribution in [2.24, 2.45) is 7.05 Å². The summed E-state index contributed by atoms with van der Waals surface area (Å²) >= 11 is 0. The highest BCUT2D eigenvalue weighted by Gasteiger charge is 2.26. The SMILES string of the molecule is CCN(C(=O)c1cccc([N+](=O)[O-])c1)C(C)c1nc2ccccc2c(=O)n1C. The molecule has 144 valence electrons. The van der Waals surface area contributed by atoms with Crippen LogP contribution < -0.4 is 5.56 Å². The van der Waals surface area contributed by atoms with Crippen molar-refractivity contribution in [3.05, 3.63) is 80.4 Å². The van der Waals surface area contributed by atoms with Gasteiger partial charge in [0, 0.05) is 31.3 Å². The van der Waals surface area contributed by atoms with Crippen LogP contribution in [0.2, 0.25) is 0 Å². The smallest absolute Gasteiger partial charge is 0.270 e. The first-order valence-electron chi connectivity index (χ1n) is 8.86. The van der Waals surface area contributed by atoms with Crippen molar-refractivity contribution in [1.82, 2.24) is 14.5 Å². The average Bonchev–Trinajstić information content (AvgIpc) is 2.71. The quantitative estimate of drug-likeness (QED) is 0.500. The maximum Gasteiger partial charge on any atom is 0.270 e. The zero-order valence-corrected chi connectivity index (χ0v) is 15.8. The Labute approximate surface area is 161 Å². The Balaban J connectivity index is 2.03. The number of aromatic nitrogens is 2. The molecule has 0 aliphatic rings. The van der Waals surface area contributed by atoms with Gasteiger partial charge in [0.2, 0.25) is 0 Å². The summed E-state index contributed by atoms with van der Waals surface area (Å²) in [6.07, 6.45) is 0. The van der Waals surface area contributed by atoms with Crippen LogP contribution in [0.5, 0.6) is 0 Å². The molecular formula is C20H20N4O4. The number of carbonyl (C=O) groups is 1. The lowest BCUT2D eigenvalue weighted by atomic mass is 10.1. The van der Waals surface area contributed by atoms with Crippen LogP contribution in [0.4, 0.5) is 5.69 Å². The van der Waals surface area contributed by atoms with Crippen LogP contribution in [0.3, 0.4) is 0 Å². The second-order valence-corrected chi connectivity index (χ2v) is 6.43. The van der Waals surface area contributed by atoms with Crippen molar-refractivity contribution in [1.29, 1.82) is 0 Å². The molecule has 8 heteroatoms. The molecule has 1 aromatic heterocycles. The Morgan fingerprint density at radius 1 is 1.25 bits per heavy atom. The Bertz CT molecular complexity index is 1120. The van der Waals surface area contributed by atoms with E-state index in [0.717, 1.165) is 0 Å². The molecule has 0 saturated carbocycles. The highest BCUT2D eigenvalue weighted by molar-refractivity contribution is 5.95. The average molecular weight is 380 g/mol. The third-order valence-corrected chi connectivity index (χ3v) is 4.76. The number of nitro groups is 1. The Hall–Kier alpha value is -3.55. The van der Waals surface area contributed by atoms with Gasteiger partial charge in [0.05, 0.1) is 21.9 Å². The number of para-hydroxylation sites is 1. The summed E-state index contributed by atoms with van der Waals surface area (Å²) < 4.78 is 1.44. The molecule has 3 aromatic rings.